The second-order valence-corrected chi connectivity index (χ2v) is 4.28. The van der Waals surface area contributed by atoms with Gasteiger partial charge < -0.3 is 5.11 Å². The molecule has 1 N–H and O–H groups in total. The molecule has 0 atom stereocenters. The van der Waals surface area contributed by atoms with Gasteiger partial charge in [0.1, 0.15) is 5.52 Å². The molecule has 3 rings (SSSR count). The Morgan fingerprint density at radius 2 is 1.75 bits per heavy atom. The Balaban J connectivity index is 1.96. The first-order valence-corrected chi connectivity index (χ1v) is 6.03. The molecule has 0 aliphatic rings. The number of carboxylic acids is 1. The largest absolute Gasteiger partial charge is 0.477 e. The van der Waals surface area contributed by atoms with E-state index in [4.69, 9.17) is 5.11 Å². The zero-order chi connectivity index (χ0) is 13.9. The molecule has 0 saturated carbocycles. The molecule has 0 unspecified atom stereocenters. The summed E-state index contributed by atoms with van der Waals surface area (Å²) < 4.78 is 1.57. The van der Waals surface area contributed by atoms with Crippen LogP contribution < -0.4 is 4.57 Å². The summed E-state index contributed by atoms with van der Waals surface area (Å²) in [7, 11) is 0. The third-order valence-electron chi connectivity index (χ3n) is 2.83. The Morgan fingerprint density at radius 3 is 2.45 bits per heavy atom. The number of carboxylic acid groups (broad SMARTS) is 1. The summed E-state index contributed by atoms with van der Waals surface area (Å²) in [5.74, 6) is -0.363. The second kappa shape index (κ2) is 5.00. The number of pyridine rings is 1. The van der Waals surface area contributed by atoms with Crippen LogP contribution in [0.5, 0.6) is 0 Å². The quantitative estimate of drug-likeness (QED) is 0.718. The Kier molecular flexibility index (Phi) is 3.04. The second-order valence-electron chi connectivity index (χ2n) is 4.28. The van der Waals surface area contributed by atoms with Crippen molar-refractivity contribution in [1.29, 1.82) is 0 Å². The van der Waals surface area contributed by atoms with Crippen LogP contribution in [-0.4, -0.2) is 26.3 Å². The van der Waals surface area contributed by atoms with E-state index in [-0.39, 0.29) is 6.54 Å². The van der Waals surface area contributed by atoms with Crippen LogP contribution in [0.15, 0.2) is 48.8 Å². The summed E-state index contributed by atoms with van der Waals surface area (Å²) in [6.07, 6.45) is 3.37. The summed E-state index contributed by atoms with van der Waals surface area (Å²) in [5, 5.41) is 16.9. The summed E-state index contributed by atoms with van der Waals surface area (Å²) in [5.41, 5.74) is 2.32. The zero-order valence-electron chi connectivity index (χ0n) is 10.5. The predicted octanol–water partition coefficient (Wildman–Crippen LogP) is 1.06. The molecule has 98 valence electrons. The summed E-state index contributed by atoms with van der Waals surface area (Å²) in [4.78, 5) is 15.1. The van der Waals surface area contributed by atoms with Gasteiger partial charge in [-0.05, 0) is 12.1 Å². The molecule has 0 aliphatic heterocycles. The van der Waals surface area contributed by atoms with Gasteiger partial charge in [-0.15, -0.1) is 10.2 Å². The highest BCUT2D eigenvalue weighted by molar-refractivity contribution is 5.75. The highest BCUT2D eigenvalue weighted by Gasteiger charge is 2.09. The number of aromatic nitrogens is 4. The van der Waals surface area contributed by atoms with Crippen LogP contribution in [-0.2, 0) is 11.3 Å². The SMILES string of the molecule is O=C(O)C[n+]1ccc(-c2nnc3ccccc3n2)cc1. The molecule has 0 amide bonds. The molecule has 0 aliphatic carbocycles. The lowest BCUT2D eigenvalue weighted by molar-refractivity contribution is -0.685. The van der Waals surface area contributed by atoms with Gasteiger partial charge in [-0.25, -0.2) is 9.78 Å². The number of carbonyl (C=O) groups is 1. The van der Waals surface area contributed by atoms with Crippen LogP contribution in [0.4, 0.5) is 0 Å². The van der Waals surface area contributed by atoms with Crippen molar-refractivity contribution in [3.8, 4) is 11.4 Å². The number of hydrogen-bond donors (Lipinski definition) is 1. The number of hydrogen-bond acceptors (Lipinski definition) is 4. The maximum absolute atomic E-state index is 10.6. The number of rotatable bonds is 3. The van der Waals surface area contributed by atoms with E-state index in [0.717, 1.165) is 16.6 Å². The van der Waals surface area contributed by atoms with Gasteiger partial charge in [0.25, 0.3) is 0 Å². The maximum atomic E-state index is 10.6. The Morgan fingerprint density at radius 1 is 1.05 bits per heavy atom. The average Bonchev–Trinajstić information content (AvgIpc) is 2.47. The Bertz CT molecular complexity index is 771. The minimum atomic E-state index is -0.883. The van der Waals surface area contributed by atoms with Gasteiger partial charge in [0.05, 0.1) is 5.52 Å². The van der Waals surface area contributed by atoms with Crippen molar-refractivity contribution in [2.24, 2.45) is 0 Å². The Hall–Kier alpha value is -2.89. The molecule has 0 radical (unpaired) electrons. The van der Waals surface area contributed by atoms with Crippen LogP contribution in [0.1, 0.15) is 0 Å². The monoisotopic (exact) mass is 267 g/mol. The fourth-order valence-corrected chi connectivity index (χ4v) is 1.87. The maximum Gasteiger partial charge on any atom is 0.370 e. The molecule has 6 heteroatoms. The highest BCUT2D eigenvalue weighted by Crippen LogP contribution is 2.14. The first-order valence-electron chi connectivity index (χ1n) is 6.03. The van der Waals surface area contributed by atoms with Crippen molar-refractivity contribution < 1.29 is 14.5 Å². The van der Waals surface area contributed by atoms with E-state index in [9.17, 15) is 4.79 Å². The third-order valence-corrected chi connectivity index (χ3v) is 2.83. The van der Waals surface area contributed by atoms with Crippen LogP contribution in [0.3, 0.4) is 0 Å². The summed E-state index contributed by atoms with van der Waals surface area (Å²) in [6.45, 7) is -0.0723. The first kappa shape index (κ1) is 12.2. The molecule has 20 heavy (non-hydrogen) atoms. The minimum Gasteiger partial charge on any atom is -0.477 e. The average molecular weight is 267 g/mol. The van der Waals surface area contributed by atoms with Crippen LogP contribution in [0.25, 0.3) is 22.4 Å². The molecular weight excluding hydrogens is 256 g/mol. The van der Waals surface area contributed by atoms with Crippen molar-refractivity contribution in [1.82, 2.24) is 15.2 Å². The minimum absolute atomic E-state index is 0.0723. The van der Waals surface area contributed by atoms with E-state index in [0.29, 0.717) is 5.82 Å². The van der Waals surface area contributed by atoms with Gasteiger partial charge >= 0.3 is 5.97 Å². The number of fused-ring (bicyclic) bond motifs is 1. The summed E-state index contributed by atoms with van der Waals surface area (Å²) in [6, 6.07) is 11.1. The Labute approximate surface area is 114 Å². The van der Waals surface area contributed by atoms with Crippen molar-refractivity contribution >= 4 is 17.0 Å². The van der Waals surface area contributed by atoms with Crippen molar-refractivity contribution in [3.63, 3.8) is 0 Å². The van der Waals surface area contributed by atoms with Gasteiger partial charge in [-0.1, -0.05) is 12.1 Å². The van der Waals surface area contributed by atoms with Crippen molar-refractivity contribution in [2.45, 2.75) is 6.54 Å². The molecule has 2 aromatic heterocycles. The fraction of sp³-hybridized carbons (Fsp3) is 0.0714. The molecule has 3 aromatic rings. The van der Waals surface area contributed by atoms with Gasteiger partial charge in [-0.2, -0.15) is 4.57 Å². The van der Waals surface area contributed by atoms with E-state index >= 15 is 0 Å². The number of benzene rings is 1. The van der Waals surface area contributed by atoms with Crippen molar-refractivity contribution in [3.05, 3.63) is 48.8 Å². The predicted molar refractivity (Wildman–Crippen MR) is 70.6 cm³/mol. The molecule has 6 nitrogen and oxygen atoms in total. The van der Waals surface area contributed by atoms with Gasteiger partial charge in [0.2, 0.25) is 6.54 Å². The fourth-order valence-electron chi connectivity index (χ4n) is 1.87. The molecule has 0 fully saturated rings. The lowest BCUT2D eigenvalue weighted by atomic mass is 10.2. The van der Waals surface area contributed by atoms with Crippen LogP contribution >= 0.6 is 0 Å². The normalized spacial score (nSPS) is 10.6. The van der Waals surface area contributed by atoms with Gasteiger partial charge in [0, 0.05) is 17.7 Å². The highest BCUT2D eigenvalue weighted by atomic mass is 16.4. The van der Waals surface area contributed by atoms with Crippen LogP contribution in [0.2, 0.25) is 0 Å². The number of nitrogens with zero attached hydrogens (tertiary/aromatic N) is 4. The number of para-hydroxylation sites is 1. The van der Waals surface area contributed by atoms with E-state index in [1.807, 2.05) is 24.3 Å². The zero-order valence-corrected chi connectivity index (χ0v) is 10.5. The first-order chi connectivity index (χ1) is 9.72. The summed E-state index contributed by atoms with van der Waals surface area (Å²) >= 11 is 0. The molecule has 1 aromatic carbocycles. The van der Waals surface area contributed by atoms with E-state index < -0.39 is 5.97 Å². The third kappa shape index (κ3) is 2.44. The molecule has 0 spiro atoms. The van der Waals surface area contributed by atoms with Gasteiger partial charge in [0.15, 0.2) is 18.2 Å². The molecule has 0 bridgehead atoms. The topological polar surface area (TPSA) is 79.9 Å². The lowest BCUT2D eigenvalue weighted by Gasteiger charge is -2.00. The van der Waals surface area contributed by atoms with Gasteiger partial charge in [-0.3, -0.25) is 0 Å². The number of aliphatic carboxylic acids is 1. The standard InChI is InChI=1S/C14H10N4O2/c19-13(20)9-18-7-5-10(6-8-18)14-15-11-3-1-2-4-12(11)16-17-14/h1-8H,9H2/p+1. The molecular formula is C14H11N4O2+. The molecule has 0 saturated heterocycles. The van der Waals surface area contributed by atoms with E-state index in [2.05, 4.69) is 15.2 Å². The van der Waals surface area contributed by atoms with E-state index in [1.54, 1.807) is 29.1 Å². The van der Waals surface area contributed by atoms with Crippen molar-refractivity contribution in [2.75, 3.05) is 0 Å². The lowest BCUT2D eigenvalue weighted by Crippen LogP contribution is -2.36. The van der Waals surface area contributed by atoms with E-state index in [1.165, 1.54) is 0 Å². The van der Waals surface area contributed by atoms with Crippen LogP contribution in [0, 0.1) is 0 Å². The molecule has 2 heterocycles. The smallest absolute Gasteiger partial charge is 0.370 e.